The molecule has 0 saturated carbocycles. The lowest BCUT2D eigenvalue weighted by atomic mass is 10.2. The topological polar surface area (TPSA) is 70.7 Å². The molecule has 2 heterocycles. The van der Waals surface area contributed by atoms with E-state index in [1.807, 2.05) is 31.0 Å². The van der Waals surface area contributed by atoms with Gasteiger partial charge in [-0.25, -0.2) is 4.98 Å². The van der Waals surface area contributed by atoms with Gasteiger partial charge in [-0.15, -0.1) is 0 Å². The molecule has 0 amide bonds. The predicted molar refractivity (Wildman–Crippen MR) is 63.2 cm³/mol. The van der Waals surface area contributed by atoms with Gasteiger partial charge in [0.2, 0.25) is 0 Å². The van der Waals surface area contributed by atoms with Gasteiger partial charge in [0.05, 0.1) is 6.42 Å². The molecule has 6 nitrogen and oxygen atoms in total. The Kier molecular flexibility index (Phi) is 2.95. The minimum atomic E-state index is -0.806. The Morgan fingerprint density at radius 1 is 1.53 bits per heavy atom. The molecule has 2 aromatic rings. The number of rotatable bonds is 4. The van der Waals surface area contributed by atoms with E-state index in [2.05, 4.69) is 10.1 Å². The van der Waals surface area contributed by atoms with Crippen LogP contribution in [0.3, 0.4) is 0 Å². The molecule has 2 aromatic heterocycles. The highest BCUT2D eigenvalue weighted by molar-refractivity contribution is 5.67. The van der Waals surface area contributed by atoms with Gasteiger partial charge in [0.25, 0.3) is 0 Å². The van der Waals surface area contributed by atoms with Crippen molar-refractivity contribution in [2.75, 3.05) is 18.5 Å². The summed E-state index contributed by atoms with van der Waals surface area (Å²) in [5, 5.41) is 12.8. The number of aliphatic carboxylic acids is 1. The molecule has 90 valence electrons. The third-order valence-electron chi connectivity index (χ3n) is 2.56. The highest BCUT2D eigenvalue weighted by Gasteiger charge is 2.09. The molecule has 1 N–H and O–H groups in total. The average Bonchev–Trinajstić information content (AvgIpc) is 2.72. The van der Waals surface area contributed by atoms with E-state index in [9.17, 15) is 4.79 Å². The van der Waals surface area contributed by atoms with Crippen LogP contribution < -0.4 is 4.90 Å². The summed E-state index contributed by atoms with van der Waals surface area (Å²) in [6.45, 7) is 2.41. The summed E-state index contributed by atoms with van der Waals surface area (Å²) in [7, 11) is 1.85. The SMILES string of the molecule is Cc1cc(N(C)CCC(=O)O)n2ncnc2c1. The highest BCUT2D eigenvalue weighted by atomic mass is 16.4. The van der Waals surface area contributed by atoms with E-state index in [0.717, 1.165) is 17.0 Å². The maximum Gasteiger partial charge on any atom is 0.305 e. The Labute approximate surface area is 98.5 Å². The van der Waals surface area contributed by atoms with Gasteiger partial charge in [-0.2, -0.15) is 9.61 Å². The van der Waals surface area contributed by atoms with Crippen molar-refractivity contribution in [3.8, 4) is 0 Å². The van der Waals surface area contributed by atoms with E-state index in [1.165, 1.54) is 6.33 Å². The fourth-order valence-electron chi connectivity index (χ4n) is 1.69. The molecular formula is C11H14N4O2. The molecule has 0 aliphatic carbocycles. The lowest BCUT2D eigenvalue weighted by molar-refractivity contribution is -0.136. The molecule has 0 aromatic carbocycles. The number of pyridine rings is 1. The van der Waals surface area contributed by atoms with Crippen LogP contribution in [0.2, 0.25) is 0 Å². The first kappa shape index (κ1) is 11.4. The van der Waals surface area contributed by atoms with Gasteiger partial charge in [0, 0.05) is 13.6 Å². The Morgan fingerprint density at radius 3 is 3.00 bits per heavy atom. The van der Waals surface area contributed by atoms with E-state index < -0.39 is 5.97 Å². The molecule has 0 unspecified atom stereocenters. The fourth-order valence-corrected chi connectivity index (χ4v) is 1.69. The van der Waals surface area contributed by atoms with Gasteiger partial charge < -0.3 is 10.0 Å². The van der Waals surface area contributed by atoms with E-state index >= 15 is 0 Å². The minimum Gasteiger partial charge on any atom is -0.481 e. The molecule has 0 radical (unpaired) electrons. The third kappa shape index (κ3) is 2.35. The van der Waals surface area contributed by atoms with Crippen molar-refractivity contribution in [3.63, 3.8) is 0 Å². The summed E-state index contributed by atoms with van der Waals surface area (Å²) in [5.41, 5.74) is 1.84. The zero-order valence-electron chi connectivity index (χ0n) is 9.79. The van der Waals surface area contributed by atoms with Crippen LogP contribution in [0.25, 0.3) is 5.65 Å². The number of hydrogen-bond donors (Lipinski definition) is 1. The summed E-state index contributed by atoms with van der Waals surface area (Å²) in [5.74, 6) is 0.0399. The number of carboxylic acid groups (broad SMARTS) is 1. The van der Waals surface area contributed by atoms with Crippen molar-refractivity contribution in [2.24, 2.45) is 0 Å². The number of aromatic nitrogens is 3. The zero-order valence-corrected chi connectivity index (χ0v) is 9.79. The van der Waals surface area contributed by atoms with Crippen molar-refractivity contribution < 1.29 is 9.90 Å². The van der Waals surface area contributed by atoms with Crippen LogP contribution in [0, 0.1) is 6.92 Å². The molecule has 0 aliphatic rings. The summed E-state index contributed by atoms with van der Waals surface area (Å²) >= 11 is 0. The van der Waals surface area contributed by atoms with Gasteiger partial charge in [-0.3, -0.25) is 4.79 Å². The summed E-state index contributed by atoms with van der Waals surface area (Å²) in [6.07, 6.45) is 1.59. The Balaban J connectivity index is 2.33. The van der Waals surface area contributed by atoms with Crippen LogP contribution in [-0.2, 0) is 4.79 Å². The molecule has 0 fully saturated rings. The molecule has 0 bridgehead atoms. The van der Waals surface area contributed by atoms with Gasteiger partial charge in [-0.05, 0) is 24.6 Å². The maximum atomic E-state index is 10.6. The second-order valence-electron chi connectivity index (χ2n) is 3.99. The summed E-state index contributed by atoms with van der Waals surface area (Å²) in [4.78, 5) is 16.5. The molecule has 0 atom stereocenters. The van der Waals surface area contributed by atoms with Crippen molar-refractivity contribution in [1.29, 1.82) is 0 Å². The second-order valence-corrected chi connectivity index (χ2v) is 3.99. The second kappa shape index (κ2) is 4.40. The number of nitrogens with zero attached hydrogens (tertiary/aromatic N) is 4. The van der Waals surface area contributed by atoms with E-state index in [1.54, 1.807) is 4.52 Å². The number of carbonyl (C=O) groups is 1. The van der Waals surface area contributed by atoms with Crippen LogP contribution >= 0.6 is 0 Å². The fraction of sp³-hybridized carbons (Fsp3) is 0.364. The van der Waals surface area contributed by atoms with Gasteiger partial charge in [-0.1, -0.05) is 0 Å². The van der Waals surface area contributed by atoms with Crippen LogP contribution in [-0.4, -0.2) is 39.3 Å². The molecule has 0 aliphatic heterocycles. The zero-order chi connectivity index (χ0) is 12.4. The Hall–Kier alpha value is -2.11. The summed E-state index contributed by atoms with van der Waals surface area (Å²) < 4.78 is 1.70. The monoisotopic (exact) mass is 234 g/mol. The number of hydrogen-bond acceptors (Lipinski definition) is 4. The minimum absolute atomic E-state index is 0.0978. The molecule has 17 heavy (non-hydrogen) atoms. The van der Waals surface area contributed by atoms with Gasteiger partial charge in [0.1, 0.15) is 12.1 Å². The van der Waals surface area contributed by atoms with Gasteiger partial charge >= 0.3 is 5.97 Å². The first-order valence-corrected chi connectivity index (χ1v) is 5.31. The number of anilines is 1. The van der Waals surface area contributed by atoms with Crippen LogP contribution in [0.15, 0.2) is 18.5 Å². The van der Waals surface area contributed by atoms with E-state index in [4.69, 9.17) is 5.11 Å². The highest BCUT2D eigenvalue weighted by Crippen LogP contribution is 2.16. The van der Waals surface area contributed by atoms with Crippen molar-refractivity contribution in [2.45, 2.75) is 13.3 Å². The Morgan fingerprint density at radius 2 is 2.29 bits per heavy atom. The van der Waals surface area contributed by atoms with Gasteiger partial charge in [0.15, 0.2) is 5.65 Å². The average molecular weight is 234 g/mol. The smallest absolute Gasteiger partial charge is 0.305 e. The van der Waals surface area contributed by atoms with Crippen LogP contribution in [0.5, 0.6) is 0 Å². The molecule has 2 rings (SSSR count). The molecule has 0 spiro atoms. The third-order valence-corrected chi connectivity index (χ3v) is 2.56. The molecule has 0 saturated heterocycles. The summed E-state index contributed by atoms with van der Waals surface area (Å²) in [6, 6.07) is 3.89. The normalized spacial score (nSPS) is 10.7. The number of aryl methyl sites for hydroxylation is 1. The van der Waals surface area contributed by atoms with E-state index in [-0.39, 0.29) is 6.42 Å². The number of carboxylic acids is 1. The largest absolute Gasteiger partial charge is 0.481 e. The predicted octanol–water partition coefficient (Wildman–Crippen LogP) is 0.949. The first-order valence-electron chi connectivity index (χ1n) is 5.31. The van der Waals surface area contributed by atoms with Crippen LogP contribution in [0.1, 0.15) is 12.0 Å². The Bertz CT molecular complexity index is 549. The van der Waals surface area contributed by atoms with Crippen molar-refractivity contribution >= 4 is 17.4 Å². The lowest BCUT2D eigenvalue weighted by Crippen LogP contribution is -2.23. The van der Waals surface area contributed by atoms with Crippen LogP contribution in [0.4, 0.5) is 5.82 Å². The maximum absolute atomic E-state index is 10.6. The number of fused-ring (bicyclic) bond motifs is 1. The molecular weight excluding hydrogens is 220 g/mol. The standard InChI is InChI=1S/C11H14N4O2/c1-8-5-9-12-7-13-15(9)10(6-8)14(2)4-3-11(16)17/h5-7H,3-4H2,1-2H3,(H,16,17). The van der Waals surface area contributed by atoms with Crippen molar-refractivity contribution in [3.05, 3.63) is 24.0 Å². The lowest BCUT2D eigenvalue weighted by Gasteiger charge is -2.19. The van der Waals surface area contributed by atoms with Crippen molar-refractivity contribution in [1.82, 2.24) is 14.6 Å². The quantitative estimate of drug-likeness (QED) is 0.852. The van der Waals surface area contributed by atoms with E-state index in [0.29, 0.717) is 6.54 Å². The molecule has 6 heteroatoms. The first-order chi connectivity index (χ1) is 8.08.